The van der Waals surface area contributed by atoms with Gasteiger partial charge in [-0.1, -0.05) is 30.3 Å². The Morgan fingerprint density at radius 3 is 2.47 bits per heavy atom. The number of H-pyrrole nitrogens is 1. The van der Waals surface area contributed by atoms with E-state index in [-0.39, 0.29) is 24.1 Å². The number of piperazine rings is 1. The second-order valence-electron chi connectivity index (χ2n) is 8.43. The van der Waals surface area contributed by atoms with Crippen molar-refractivity contribution in [3.8, 4) is 0 Å². The Bertz CT molecular complexity index is 1340. The summed E-state index contributed by atoms with van der Waals surface area (Å²) in [6, 6.07) is 12.7. The molecule has 11 heteroatoms. The number of nitrogens with one attached hydrogen (secondary N) is 3. The maximum atomic E-state index is 13.2. The highest BCUT2D eigenvalue weighted by Gasteiger charge is 2.34. The molecule has 3 aromatic rings. The van der Waals surface area contributed by atoms with E-state index in [1.165, 1.54) is 11.1 Å². The Hall–Kier alpha value is -4.67. The first-order valence-corrected chi connectivity index (χ1v) is 11.3. The van der Waals surface area contributed by atoms with Crippen molar-refractivity contribution in [1.29, 1.82) is 0 Å². The average molecular weight is 492 g/mol. The molecule has 1 aromatic heterocycles. The lowest BCUT2D eigenvalue weighted by atomic mass is 10.1. The summed E-state index contributed by atoms with van der Waals surface area (Å²) in [4.78, 5) is 67.7. The number of fused-ring (bicyclic) bond motifs is 1. The number of hydrogen-bond donors (Lipinski definition) is 4. The molecule has 1 saturated heterocycles. The van der Waals surface area contributed by atoms with Gasteiger partial charge in [0.1, 0.15) is 6.54 Å². The quantitative estimate of drug-likeness (QED) is 0.305. The zero-order chi connectivity index (χ0) is 25.8. The molecule has 11 nitrogen and oxygen atoms in total. The summed E-state index contributed by atoms with van der Waals surface area (Å²) in [6.07, 6.45) is 1.41. The number of Topliss-reactive ketones (excluding diaryl/α,β-unsaturated/α-hetero) is 1. The fourth-order valence-electron chi connectivity index (χ4n) is 4.22. The lowest BCUT2D eigenvalue weighted by Crippen LogP contribution is -2.56. The van der Waals surface area contributed by atoms with Gasteiger partial charge in [0.25, 0.3) is 17.6 Å². The van der Waals surface area contributed by atoms with Crippen LogP contribution in [-0.2, 0) is 9.59 Å². The Kier molecular flexibility index (Phi) is 7.00. The van der Waals surface area contributed by atoms with Crippen LogP contribution in [0.25, 0.3) is 10.9 Å². The molecule has 2 aromatic carbocycles. The largest absolute Gasteiger partial charge is 0.480 e. The number of anilines is 1. The van der Waals surface area contributed by atoms with Gasteiger partial charge in [-0.3, -0.25) is 19.2 Å². The Labute approximate surface area is 206 Å². The fraction of sp³-hybridized carbons (Fsp3) is 0.240. The van der Waals surface area contributed by atoms with E-state index in [1.807, 2.05) is 6.07 Å². The number of hydrogen-bond acceptors (Lipinski definition) is 5. The molecular weight excluding hydrogens is 466 g/mol. The zero-order valence-corrected chi connectivity index (χ0v) is 19.5. The summed E-state index contributed by atoms with van der Waals surface area (Å²) < 4.78 is 0. The van der Waals surface area contributed by atoms with E-state index in [0.717, 1.165) is 0 Å². The number of aromatic amines is 1. The molecule has 1 fully saturated rings. The first-order valence-electron chi connectivity index (χ1n) is 11.3. The van der Waals surface area contributed by atoms with Crippen molar-refractivity contribution in [2.45, 2.75) is 13.0 Å². The van der Waals surface area contributed by atoms with Crippen molar-refractivity contribution in [3.05, 3.63) is 65.9 Å². The van der Waals surface area contributed by atoms with Crippen LogP contribution in [0.15, 0.2) is 54.7 Å². The number of carboxylic acids is 1. The van der Waals surface area contributed by atoms with E-state index < -0.39 is 30.2 Å². The van der Waals surface area contributed by atoms with E-state index >= 15 is 0 Å². The number of rotatable bonds is 6. The number of aromatic nitrogens is 1. The van der Waals surface area contributed by atoms with Crippen LogP contribution in [0, 0.1) is 0 Å². The highest BCUT2D eigenvalue weighted by Crippen LogP contribution is 2.26. The smallest absolute Gasteiger partial charge is 0.323 e. The Morgan fingerprint density at radius 1 is 1.03 bits per heavy atom. The number of nitrogens with zero attached hydrogens (tertiary/aromatic N) is 2. The molecule has 0 aliphatic carbocycles. The van der Waals surface area contributed by atoms with E-state index in [0.29, 0.717) is 35.2 Å². The van der Waals surface area contributed by atoms with E-state index in [4.69, 9.17) is 5.11 Å². The molecule has 0 bridgehead atoms. The summed E-state index contributed by atoms with van der Waals surface area (Å²) in [7, 11) is 0. The monoisotopic (exact) mass is 491 g/mol. The molecule has 4 amide bonds. The third-order valence-electron chi connectivity index (χ3n) is 6.00. The lowest BCUT2D eigenvalue weighted by Gasteiger charge is -2.39. The van der Waals surface area contributed by atoms with Crippen molar-refractivity contribution in [1.82, 2.24) is 20.1 Å². The number of carboxylic acid groups (broad SMARTS) is 1. The molecule has 2 heterocycles. The molecule has 4 N–H and O–H groups in total. The summed E-state index contributed by atoms with van der Waals surface area (Å²) in [5, 5.41) is 13.9. The SMILES string of the molecule is C[C@@H]1CN(C(=O)c2ccccc2)CCN1C(=O)C(=O)c1c[nH]c2c(NC(=O)NCC(=O)O)cccc12. The van der Waals surface area contributed by atoms with Gasteiger partial charge in [-0.05, 0) is 25.1 Å². The summed E-state index contributed by atoms with van der Waals surface area (Å²) >= 11 is 0. The van der Waals surface area contributed by atoms with E-state index in [2.05, 4.69) is 15.6 Å². The molecule has 4 rings (SSSR count). The van der Waals surface area contributed by atoms with E-state index in [1.54, 1.807) is 54.3 Å². The van der Waals surface area contributed by atoms with Crippen LogP contribution < -0.4 is 10.6 Å². The fourth-order valence-corrected chi connectivity index (χ4v) is 4.22. The van der Waals surface area contributed by atoms with Crippen LogP contribution in [0.2, 0.25) is 0 Å². The molecule has 1 atom stereocenters. The van der Waals surface area contributed by atoms with Crippen molar-refractivity contribution in [2.24, 2.45) is 0 Å². The minimum Gasteiger partial charge on any atom is -0.480 e. The Morgan fingerprint density at radius 2 is 1.78 bits per heavy atom. The van der Waals surface area contributed by atoms with Gasteiger partial charge in [0.2, 0.25) is 0 Å². The van der Waals surface area contributed by atoms with Crippen LogP contribution in [0.1, 0.15) is 27.6 Å². The first kappa shape index (κ1) is 24.5. The van der Waals surface area contributed by atoms with Gasteiger partial charge in [0.05, 0.1) is 16.8 Å². The second-order valence-corrected chi connectivity index (χ2v) is 8.43. The molecule has 36 heavy (non-hydrogen) atoms. The molecule has 0 spiro atoms. The predicted molar refractivity (Wildman–Crippen MR) is 131 cm³/mol. The van der Waals surface area contributed by atoms with Gasteiger partial charge in [0, 0.05) is 42.8 Å². The predicted octanol–water partition coefficient (Wildman–Crippen LogP) is 1.93. The lowest BCUT2D eigenvalue weighted by molar-refractivity contribution is -0.135. The van der Waals surface area contributed by atoms with Crippen LogP contribution in [-0.4, -0.2) is 81.7 Å². The van der Waals surface area contributed by atoms with Crippen molar-refractivity contribution >= 4 is 46.2 Å². The Balaban J connectivity index is 1.46. The van der Waals surface area contributed by atoms with Crippen LogP contribution in [0.4, 0.5) is 10.5 Å². The van der Waals surface area contributed by atoms with Gasteiger partial charge in [-0.25, -0.2) is 4.79 Å². The maximum absolute atomic E-state index is 13.2. The van der Waals surface area contributed by atoms with Gasteiger partial charge in [-0.15, -0.1) is 0 Å². The van der Waals surface area contributed by atoms with Gasteiger partial charge in [-0.2, -0.15) is 0 Å². The summed E-state index contributed by atoms with van der Waals surface area (Å²) in [5.74, 6) is -2.68. The van der Waals surface area contributed by atoms with Crippen LogP contribution in [0.5, 0.6) is 0 Å². The van der Waals surface area contributed by atoms with Crippen molar-refractivity contribution in [3.63, 3.8) is 0 Å². The zero-order valence-electron chi connectivity index (χ0n) is 19.5. The third-order valence-corrected chi connectivity index (χ3v) is 6.00. The van der Waals surface area contributed by atoms with Crippen LogP contribution >= 0.6 is 0 Å². The van der Waals surface area contributed by atoms with E-state index in [9.17, 15) is 24.0 Å². The standard InChI is InChI=1S/C25H25N5O6/c1-15-14-29(23(34)16-6-3-2-4-7-16)10-11-30(15)24(35)22(33)18-12-26-21-17(18)8-5-9-19(21)28-25(36)27-13-20(31)32/h2-9,12,15,26H,10-11,13-14H2,1H3,(H,31,32)(H2,27,28,36)/t15-/m1/s1. The normalized spacial score (nSPS) is 15.4. The first-order chi connectivity index (χ1) is 17.3. The molecule has 0 saturated carbocycles. The maximum Gasteiger partial charge on any atom is 0.323 e. The molecule has 186 valence electrons. The minimum atomic E-state index is -1.19. The summed E-state index contributed by atoms with van der Waals surface area (Å²) in [6.45, 7) is 2.09. The number of amides is 4. The highest BCUT2D eigenvalue weighted by molar-refractivity contribution is 6.45. The number of para-hydroxylation sites is 1. The molecular formula is C25H25N5O6. The number of carbonyl (C=O) groups is 5. The minimum absolute atomic E-state index is 0.120. The number of benzene rings is 2. The van der Waals surface area contributed by atoms with Crippen LogP contribution in [0.3, 0.4) is 0 Å². The molecule has 0 radical (unpaired) electrons. The third kappa shape index (κ3) is 5.04. The molecule has 1 aliphatic rings. The summed E-state index contributed by atoms with van der Waals surface area (Å²) in [5.41, 5.74) is 1.47. The van der Waals surface area contributed by atoms with Gasteiger partial charge < -0.3 is 30.5 Å². The number of carbonyl (C=O) groups excluding carboxylic acids is 4. The number of urea groups is 1. The highest BCUT2D eigenvalue weighted by atomic mass is 16.4. The molecule has 1 aliphatic heterocycles. The van der Waals surface area contributed by atoms with Crippen molar-refractivity contribution < 1.29 is 29.1 Å². The van der Waals surface area contributed by atoms with Crippen molar-refractivity contribution in [2.75, 3.05) is 31.5 Å². The van der Waals surface area contributed by atoms with Gasteiger partial charge >= 0.3 is 12.0 Å². The molecule has 0 unspecified atom stereocenters. The second kappa shape index (κ2) is 10.3. The van der Waals surface area contributed by atoms with Gasteiger partial charge in [0.15, 0.2) is 0 Å². The number of aliphatic carboxylic acids is 1. The number of ketones is 1. The average Bonchev–Trinajstić information content (AvgIpc) is 3.32. The topological polar surface area (TPSA) is 152 Å².